The molecule has 1 aromatic carbocycles. The summed E-state index contributed by atoms with van der Waals surface area (Å²) in [7, 11) is 0. The maximum absolute atomic E-state index is 12.5. The third-order valence-electron chi connectivity index (χ3n) is 4.42. The Bertz CT molecular complexity index is 772. The minimum atomic E-state index is -0.714. The molecule has 0 aromatic heterocycles. The Labute approximate surface area is 153 Å². The van der Waals surface area contributed by atoms with Crippen molar-refractivity contribution in [2.75, 3.05) is 0 Å². The minimum Gasteiger partial charge on any atom is -0.508 e. The van der Waals surface area contributed by atoms with Crippen molar-refractivity contribution in [3.63, 3.8) is 0 Å². The second-order valence-corrected chi connectivity index (χ2v) is 6.65. The van der Waals surface area contributed by atoms with E-state index in [1.165, 1.54) is 18.2 Å². The predicted molar refractivity (Wildman–Crippen MR) is 101 cm³/mol. The fraction of sp³-hybridized carbons (Fsp3) is 0.333. The van der Waals surface area contributed by atoms with Gasteiger partial charge in [-0.2, -0.15) is 0 Å². The molecule has 1 heterocycles. The van der Waals surface area contributed by atoms with Gasteiger partial charge in [-0.1, -0.05) is 50.1 Å². The number of phenols is 1. The van der Waals surface area contributed by atoms with E-state index in [0.717, 1.165) is 17.6 Å². The Morgan fingerprint density at radius 3 is 2.50 bits per heavy atom. The summed E-state index contributed by atoms with van der Waals surface area (Å²) in [6.07, 6.45) is 6.47. The molecule has 5 heteroatoms. The van der Waals surface area contributed by atoms with Crippen LogP contribution in [0.4, 0.5) is 0 Å². The molecule has 1 fully saturated rings. The van der Waals surface area contributed by atoms with Crippen molar-refractivity contribution < 1.29 is 19.8 Å². The van der Waals surface area contributed by atoms with Crippen molar-refractivity contribution in [3.8, 4) is 5.75 Å². The minimum absolute atomic E-state index is 0.139. The lowest BCUT2D eigenvalue weighted by molar-refractivity contribution is -0.117. The molecule has 26 heavy (non-hydrogen) atoms. The molecule has 1 saturated heterocycles. The molecular formula is C21H25NO4. The van der Waals surface area contributed by atoms with Crippen molar-refractivity contribution >= 4 is 11.7 Å². The molecule has 1 aliphatic rings. The zero-order valence-electron chi connectivity index (χ0n) is 15.3. The van der Waals surface area contributed by atoms with Crippen LogP contribution >= 0.6 is 0 Å². The number of Topliss-reactive ketones (excluding diaryl/α,β-unsaturated/α-hetero) is 1. The van der Waals surface area contributed by atoms with E-state index in [9.17, 15) is 19.8 Å². The fourth-order valence-electron chi connectivity index (χ4n) is 2.75. The van der Waals surface area contributed by atoms with Crippen LogP contribution in [0.2, 0.25) is 0 Å². The number of carbonyl (C=O) groups is 2. The highest BCUT2D eigenvalue weighted by Crippen LogP contribution is 2.19. The number of rotatable bonds is 6. The van der Waals surface area contributed by atoms with Gasteiger partial charge in [0.25, 0.3) is 5.91 Å². The number of allylic oxidation sites excluding steroid dienone is 4. The first-order valence-electron chi connectivity index (χ1n) is 8.74. The van der Waals surface area contributed by atoms with Crippen LogP contribution in [0, 0.1) is 5.92 Å². The Morgan fingerprint density at radius 2 is 1.88 bits per heavy atom. The molecule has 0 aliphatic carbocycles. The molecule has 1 aliphatic heterocycles. The van der Waals surface area contributed by atoms with Crippen molar-refractivity contribution in [1.29, 1.82) is 0 Å². The molecule has 1 aromatic rings. The summed E-state index contributed by atoms with van der Waals surface area (Å²) in [5, 5.41) is 22.1. The van der Waals surface area contributed by atoms with E-state index in [-0.39, 0.29) is 17.1 Å². The normalized spacial score (nSPS) is 21.2. The monoisotopic (exact) mass is 355 g/mol. The van der Waals surface area contributed by atoms with Crippen molar-refractivity contribution in [3.05, 3.63) is 65.0 Å². The molecule has 2 atom stereocenters. The second kappa shape index (κ2) is 8.52. The number of amides is 1. The second-order valence-electron chi connectivity index (χ2n) is 6.65. The number of carbonyl (C=O) groups excluding carboxylic acids is 2. The summed E-state index contributed by atoms with van der Waals surface area (Å²) in [6, 6.07) is 5.73. The van der Waals surface area contributed by atoms with Gasteiger partial charge in [-0.25, -0.2) is 0 Å². The number of aromatic hydroxyl groups is 1. The van der Waals surface area contributed by atoms with E-state index in [0.29, 0.717) is 12.3 Å². The third-order valence-corrected chi connectivity index (χ3v) is 4.42. The maximum Gasteiger partial charge on any atom is 0.259 e. The van der Waals surface area contributed by atoms with Gasteiger partial charge >= 0.3 is 0 Å². The van der Waals surface area contributed by atoms with E-state index in [4.69, 9.17) is 0 Å². The van der Waals surface area contributed by atoms with Crippen LogP contribution in [0.15, 0.2) is 59.4 Å². The van der Waals surface area contributed by atoms with Gasteiger partial charge in [0.1, 0.15) is 17.1 Å². The van der Waals surface area contributed by atoms with Crippen molar-refractivity contribution in [1.82, 2.24) is 5.32 Å². The smallest absolute Gasteiger partial charge is 0.259 e. The summed E-state index contributed by atoms with van der Waals surface area (Å²) < 4.78 is 0. The highest BCUT2D eigenvalue weighted by Gasteiger charge is 2.37. The first-order valence-corrected chi connectivity index (χ1v) is 8.74. The average molecular weight is 355 g/mol. The van der Waals surface area contributed by atoms with Crippen molar-refractivity contribution in [2.45, 2.75) is 39.7 Å². The molecular weight excluding hydrogens is 330 g/mol. The number of ketones is 1. The highest BCUT2D eigenvalue weighted by atomic mass is 16.3. The number of phenolic OH excluding ortho intramolecular Hbond substituents is 1. The molecule has 0 radical (unpaired) electrons. The molecule has 3 N–H and O–H groups in total. The SMILES string of the molecule is CC[C@@H](C)C=C(C)C=CC(O)=C1C(=O)N[C@@H](Cc2ccc(O)cc2)C1=O. The largest absolute Gasteiger partial charge is 0.508 e. The molecule has 5 nitrogen and oxygen atoms in total. The van der Waals surface area contributed by atoms with E-state index >= 15 is 0 Å². The van der Waals surface area contributed by atoms with Crippen LogP contribution in [0.3, 0.4) is 0 Å². The third kappa shape index (κ3) is 4.85. The van der Waals surface area contributed by atoms with Crippen LogP contribution in [0.5, 0.6) is 5.75 Å². The van der Waals surface area contributed by atoms with Gasteiger partial charge in [-0.3, -0.25) is 9.59 Å². The van der Waals surface area contributed by atoms with Crippen LogP contribution in [-0.4, -0.2) is 27.9 Å². The number of hydrogen-bond acceptors (Lipinski definition) is 4. The standard InChI is InChI=1S/C21H25NO4/c1-4-13(2)11-14(3)5-10-18(24)19-20(25)17(22-21(19)26)12-15-6-8-16(23)9-7-15/h5-11,13,17,23-24H,4,12H2,1-3H3,(H,22,26)/t13-,17+/m1/s1. The Balaban J connectivity index is 2.14. The number of aliphatic hydroxyl groups excluding tert-OH is 1. The number of nitrogens with one attached hydrogen (secondary N) is 1. The van der Waals surface area contributed by atoms with E-state index in [1.54, 1.807) is 18.2 Å². The van der Waals surface area contributed by atoms with E-state index in [1.807, 2.05) is 6.92 Å². The molecule has 2 rings (SSSR count). The van der Waals surface area contributed by atoms with Gasteiger partial charge < -0.3 is 15.5 Å². The zero-order chi connectivity index (χ0) is 19.3. The predicted octanol–water partition coefficient (Wildman–Crippen LogP) is 3.36. The molecule has 0 spiro atoms. The lowest BCUT2D eigenvalue weighted by atomic mass is 10.0. The summed E-state index contributed by atoms with van der Waals surface area (Å²) in [5.74, 6) is -0.754. The molecule has 0 saturated carbocycles. The first kappa shape index (κ1) is 19.5. The quantitative estimate of drug-likeness (QED) is 0.316. The van der Waals surface area contributed by atoms with Crippen LogP contribution < -0.4 is 5.32 Å². The van der Waals surface area contributed by atoms with Gasteiger partial charge in [0, 0.05) is 6.42 Å². The van der Waals surface area contributed by atoms with Gasteiger partial charge in [0.15, 0.2) is 5.78 Å². The molecule has 0 bridgehead atoms. The zero-order valence-corrected chi connectivity index (χ0v) is 15.3. The number of hydrogen-bond donors (Lipinski definition) is 3. The molecule has 138 valence electrons. The average Bonchev–Trinajstić information content (AvgIpc) is 2.88. The Kier molecular flexibility index (Phi) is 6.39. The highest BCUT2D eigenvalue weighted by molar-refractivity contribution is 6.27. The maximum atomic E-state index is 12.5. The van der Waals surface area contributed by atoms with Gasteiger partial charge in [-0.15, -0.1) is 0 Å². The first-order chi connectivity index (χ1) is 12.3. The topological polar surface area (TPSA) is 86.6 Å². The number of benzene rings is 1. The summed E-state index contributed by atoms with van der Waals surface area (Å²) >= 11 is 0. The Hall–Kier alpha value is -2.82. The number of aliphatic hydroxyl groups is 1. The fourth-order valence-corrected chi connectivity index (χ4v) is 2.75. The van der Waals surface area contributed by atoms with Gasteiger partial charge in [-0.05, 0) is 36.6 Å². The van der Waals surface area contributed by atoms with Gasteiger partial charge in [0.2, 0.25) is 0 Å². The lowest BCUT2D eigenvalue weighted by Crippen LogP contribution is -2.31. The summed E-state index contributed by atoms with van der Waals surface area (Å²) in [5.41, 5.74) is 1.56. The van der Waals surface area contributed by atoms with Crippen LogP contribution in [0.25, 0.3) is 0 Å². The summed E-state index contributed by atoms with van der Waals surface area (Å²) in [6.45, 7) is 6.09. The van der Waals surface area contributed by atoms with E-state index in [2.05, 4.69) is 25.2 Å². The summed E-state index contributed by atoms with van der Waals surface area (Å²) in [4.78, 5) is 24.6. The van der Waals surface area contributed by atoms with Crippen LogP contribution in [0.1, 0.15) is 32.8 Å². The van der Waals surface area contributed by atoms with Crippen LogP contribution in [-0.2, 0) is 16.0 Å². The lowest BCUT2D eigenvalue weighted by Gasteiger charge is -2.08. The van der Waals surface area contributed by atoms with Crippen molar-refractivity contribution in [2.24, 2.45) is 5.92 Å². The van der Waals surface area contributed by atoms with Gasteiger partial charge in [0.05, 0.1) is 6.04 Å². The molecule has 0 unspecified atom stereocenters. The Morgan fingerprint density at radius 1 is 1.23 bits per heavy atom. The van der Waals surface area contributed by atoms with E-state index < -0.39 is 17.7 Å². The molecule has 1 amide bonds.